The molecule has 3 heterocycles. The smallest absolute Gasteiger partial charge is 0.250 e. The SMILES string of the molecule is c1ccc(-n2nnnc2N2CCCC2c2ccc3c(c2)OCCO3)cc1. The van der Waals surface area contributed by atoms with Crippen molar-refractivity contribution < 1.29 is 9.47 Å². The summed E-state index contributed by atoms with van der Waals surface area (Å²) in [4.78, 5) is 2.28. The summed E-state index contributed by atoms with van der Waals surface area (Å²) in [6.45, 7) is 2.12. The van der Waals surface area contributed by atoms with Crippen LogP contribution in [0.4, 0.5) is 5.95 Å². The van der Waals surface area contributed by atoms with Gasteiger partial charge in [-0.15, -0.1) is 0 Å². The molecular weight excluding hydrogens is 330 g/mol. The molecule has 0 aliphatic carbocycles. The van der Waals surface area contributed by atoms with E-state index < -0.39 is 0 Å². The van der Waals surface area contributed by atoms with Crippen molar-refractivity contribution >= 4 is 5.95 Å². The lowest BCUT2D eigenvalue weighted by molar-refractivity contribution is 0.171. The number of fused-ring (bicyclic) bond motifs is 1. The fraction of sp³-hybridized carbons (Fsp3) is 0.316. The number of hydrogen-bond donors (Lipinski definition) is 0. The van der Waals surface area contributed by atoms with Crippen LogP contribution in [0.5, 0.6) is 11.5 Å². The van der Waals surface area contributed by atoms with E-state index in [0.717, 1.165) is 42.5 Å². The van der Waals surface area contributed by atoms with Crippen molar-refractivity contribution in [3.8, 4) is 17.2 Å². The maximum atomic E-state index is 5.75. The monoisotopic (exact) mass is 349 g/mol. The molecule has 1 saturated heterocycles. The van der Waals surface area contributed by atoms with E-state index in [9.17, 15) is 0 Å². The number of nitrogens with zero attached hydrogens (tertiary/aromatic N) is 5. The number of para-hydroxylation sites is 1. The maximum Gasteiger partial charge on any atom is 0.250 e. The van der Waals surface area contributed by atoms with Crippen LogP contribution in [0.1, 0.15) is 24.4 Å². The molecule has 7 heteroatoms. The van der Waals surface area contributed by atoms with Crippen molar-refractivity contribution in [3.05, 3.63) is 54.1 Å². The zero-order valence-electron chi connectivity index (χ0n) is 14.3. The largest absolute Gasteiger partial charge is 0.486 e. The van der Waals surface area contributed by atoms with Crippen molar-refractivity contribution in [2.75, 3.05) is 24.7 Å². The Morgan fingerprint density at radius 3 is 2.69 bits per heavy atom. The summed E-state index contributed by atoms with van der Waals surface area (Å²) < 4.78 is 13.2. The molecule has 7 nitrogen and oxygen atoms in total. The van der Waals surface area contributed by atoms with E-state index in [1.54, 1.807) is 4.68 Å². The second-order valence-corrected chi connectivity index (χ2v) is 6.48. The van der Waals surface area contributed by atoms with Gasteiger partial charge in [-0.1, -0.05) is 29.4 Å². The van der Waals surface area contributed by atoms with Gasteiger partial charge in [0.1, 0.15) is 13.2 Å². The Bertz CT molecular complexity index is 911. The third kappa shape index (κ3) is 2.56. The lowest BCUT2D eigenvalue weighted by atomic mass is 10.0. The van der Waals surface area contributed by atoms with E-state index in [-0.39, 0.29) is 6.04 Å². The van der Waals surface area contributed by atoms with E-state index in [1.165, 1.54) is 5.56 Å². The highest BCUT2D eigenvalue weighted by Gasteiger charge is 2.31. The lowest BCUT2D eigenvalue weighted by Gasteiger charge is -2.27. The summed E-state index contributed by atoms with van der Waals surface area (Å²) in [5, 5.41) is 12.4. The molecule has 26 heavy (non-hydrogen) atoms. The minimum atomic E-state index is 0.222. The van der Waals surface area contributed by atoms with Gasteiger partial charge in [-0.05, 0) is 53.1 Å². The fourth-order valence-corrected chi connectivity index (χ4v) is 3.72. The van der Waals surface area contributed by atoms with Crippen LogP contribution in [0.2, 0.25) is 0 Å². The zero-order chi connectivity index (χ0) is 17.3. The van der Waals surface area contributed by atoms with Gasteiger partial charge in [0.15, 0.2) is 11.5 Å². The number of aromatic nitrogens is 4. The van der Waals surface area contributed by atoms with Crippen molar-refractivity contribution in [2.45, 2.75) is 18.9 Å². The summed E-state index contributed by atoms with van der Waals surface area (Å²) in [5.41, 5.74) is 2.16. The molecule has 1 aromatic heterocycles. The van der Waals surface area contributed by atoms with Crippen LogP contribution in [-0.4, -0.2) is 40.0 Å². The lowest BCUT2D eigenvalue weighted by Crippen LogP contribution is -2.26. The molecule has 1 atom stereocenters. The summed E-state index contributed by atoms with van der Waals surface area (Å²) in [5.74, 6) is 2.41. The van der Waals surface area contributed by atoms with Crippen LogP contribution in [0.3, 0.4) is 0 Å². The minimum Gasteiger partial charge on any atom is -0.486 e. The van der Waals surface area contributed by atoms with Crippen LogP contribution in [0.25, 0.3) is 5.69 Å². The molecule has 1 unspecified atom stereocenters. The maximum absolute atomic E-state index is 5.75. The van der Waals surface area contributed by atoms with Crippen LogP contribution in [0.15, 0.2) is 48.5 Å². The number of hydrogen-bond acceptors (Lipinski definition) is 6. The van der Waals surface area contributed by atoms with Crippen LogP contribution in [-0.2, 0) is 0 Å². The first-order chi connectivity index (χ1) is 12.9. The van der Waals surface area contributed by atoms with E-state index in [1.807, 2.05) is 36.4 Å². The number of anilines is 1. The quantitative estimate of drug-likeness (QED) is 0.724. The van der Waals surface area contributed by atoms with Crippen molar-refractivity contribution in [2.24, 2.45) is 0 Å². The van der Waals surface area contributed by atoms with Gasteiger partial charge in [0.25, 0.3) is 5.95 Å². The highest BCUT2D eigenvalue weighted by molar-refractivity contribution is 5.49. The molecule has 3 aromatic rings. The molecule has 0 N–H and O–H groups in total. The first kappa shape index (κ1) is 15.2. The van der Waals surface area contributed by atoms with E-state index >= 15 is 0 Å². The van der Waals surface area contributed by atoms with Crippen molar-refractivity contribution in [1.82, 2.24) is 20.2 Å². The Balaban J connectivity index is 1.50. The minimum absolute atomic E-state index is 0.222. The van der Waals surface area contributed by atoms with Gasteiger partial charge in [-0.3, -0.25) is 0 Å². The van der Waals surface area contributed by atoms with Crippen molar-refractivity contribution in [1.29, 1.82) is 0 Å². The molecule has 0 radical (unpaired) electrons. The van der Waals surface area contributed by atoms with Crippen molar-refractivity contribution in [3.63, 3.8) is 0 Å². The first-order valence-electron chi connectivity index (χ1n) is 8.90. The summed E-state index contributed by atoms with van der Waals surface area (Å²) in [7, 11) is 0. The van der Waals surface area contributed by atoms with Gasteiger partial charge in [-0.2, -0.15) is 4.68 Å². The molecule has 5 rings (SSSR count). The first-order valence-corrected chi connectivity index (χ1v) is 8.90. The molecule has 2 aliphatic rings. The Morgan fingerprint density at radius 1 is 0.962 bits per heavy atom. The Kier molecular flexibility index (Phi) is 3.70. The van der Waals surface area contributed by atoms with Crippen LogP contribution < -0.4 is 14.4 Å². The van der Waals surface area contributed by atoms with Gasteiger partial charge < -0.3 is 14.4 Å². The molecule has 132 valence electrons. The van der Waals surface area contributed by atoms with Crippen LogP contribution in [0, 0.1) is 0 Å². The molecule has 2 aromatic carbocycles. The molecule has 0 amide bonds. The number of ether oxygens (including phenoxy) is 2. The topological polar surface area (TPSA) is 65.3 Å². The third-order valence-electron chi connectivity index (χ3n) is 4.91. The van der Waals surface area contributed by atoms with Gasteiger partial charge in [0, 0.05) is 6.54 Å². The normalized spacial score (nSPS) is 18.9. The predicted molar refractivity (Wildman–Crippen MR) is 95.9 cm³/mol. The highest BCUT2D eigenvalue weighted by atomic mass is 16.6. The zero-order valence-corrected chi connectivity index (χ0v) is 14.3. The van der Waals surface area contributed by atoms with E-state index in [4.69, 9.17) is 9.47 Å². The highest BCUT2D eigenvalue weighted by Crippen LogP contribution is 2.39. The average Bonchev–Trinajstić information content (AvgIpc) is 3.37. The van der Waals surface area contributed by atoms with Gasteiger partial charge >= 0.3 is 0 Å². The molecule has 1 fully saturated rings. The molecule has 2 aliphatic heterocycles. The average molecular weight is 349 g/mol. The number of rotatable bonds is 3. The van der Waals surface area contributed by atoms with E-state index in [2.05, 4.69) is 32.6 Å². The molecule has 0 spiro atoms. The number of benzene rings is 2. The fourth-order valence-electron chi connectivity index (χ4n) is 3.72. The molecule has 0 saturated carbocycles. The van der Waals surface area contributed by atoms with E-state index in [0.29, 0.717) is 13.2 Å². The standard InChI is InChI=1S/C19H19N5O2/c1-2-5-15(6-3-1)24-19(20-21-22-24)23-10-4-7-16(23)14-8-9-17-18(13-14)26-12-11-25-17/h1-3,5-6,8-9,13,16H,4,7,10-12H2. The number of tetrazole rings is 1. The Hall–Kier alpha value is -3.09. The Labute approximate surface area is 151 Å². The second kappa shape index (κ2) is 6.33. The molecular formula is C19H19N5O2. The van der Waals surface area contributed by atoms with Gasteiger partial charge in [0.2, 0.25) is 0 Å². The third-order valence-corrected chi connectivity index (χ3v) is 4.91. The second-order valence-electron chi connectivity index (χ2n) is 6.48. The van der Waals surface area contributed by atoms with Gasteiger partial charge in [-0.25, -0.2) is 0 Å². The van der Waals surface area contributed by atoms with Gasteiger partial charge in [0.05, 0.1) is 11.7 Å². The molecule has 0 bridgehead atoms. The summed E-state index contributed by atoms with van der Waals surface area (Å²) in [6.07, 6.45) is 2.15. The predicted octanol–water partition coefficient (Wildman–Crippen LogP) is 2.78. The summed E-state index contributed by atoms with van der Waals surface area (Å²) >= 11 is 0. The Morgan fingerprint density at radius 2 is 1.81 bits per heavy atom. The van der Waals surface area contributed by atoms with Crippen LogP contribution >= 0.6 is 0 Å². The summed E-state index contributed by atoms with van der Waals surface area (Å²) in [6, 6.07) is 16.4.